The number of aromatic nitrogens is 3. The molecule has 3 aromatic rings. The summed E-state index contributed by atoms with van der Waals surface area (Å²) in [6.45, 7) is 1.75. The number of rotatable bonds is 6. The lowest BCUT2D eigenvalue weighted by Crippen LogP contribution is -2.49. The molecule has 0 unspecified atom stereocenters. The molecule has 0 radical (unpaired) electrons. The maximum absolute atomic E-state index is 13.2. The molecular weight excluding hydrogens is 406 g/mol. The van der Waals surface area contributed by atoms with E-state index in [9.17, 15) is 8.42 Å². The predicted molar refractivity (Wildman–Crippen MR) is 112 cm³/mol. The van der Waals surface area contributed by atoms with Crippen molar-refractivity contribution in [1.29, 1.82) is 0 Å². The number of nitrogens with zero attached hydrogens (tertiary/aromatic N) is 5. The van der Waals surface area contributed by atoms with Crippen LogP contribution in [0.4, 0.5) is 5.82 Å². The fraction of sp³-hybridized carbons (Fsp3) is 0.300. The molecule has 1 aliphatic rings. The van der Waals surface area contributed by atoms with Crippen LogP contribution in [0.3, 0.4) is 0 Å². The summed E-state index contributed by atoms with van der Waals surface area (Å²) in [6, 6.07) is 10.5. The van der Waals surface area contributed by atoms with Crippen LogP contribution >= 0.6 is 0 Å². The van der Waals surface area contributed by atoms with Crippen molar-refractivity contribution in [3.63, 3.8) is 0 Å². The highest BCUT2D eigenvalue weighted by molar-refractivity contribution is 7.89. The van der Waals surface area contributed by atoms with Crippen molar-refractivity contribution in [2.75, 3.05) is 45.3 Å². The molecule has 0 saturated carbocycles. The van der Waals surface area contributed by atoms with Gasteiger partial charge in [-0.3, -0.25) is 0 Å². The average Bonchev–Trinajstić information content (AvgIpc) is 3.34. The Morgan fingerprint density at radius 1 is 0.900 bits per heavy atom. The third-order valence-electron chi connectivity index (χ3n) is 5.06. The quantitative estimate of drug-likeness (QED) is 0.590. The second-order valence-electron chi connectivity index (χ2n) is 6.73. The number of benzene rings is 1. The highest BCUT2D eigenvalue weighted by Gasteiger charge is 2.31. The van der Waals surface area contributed by atoms with Crippen LogP contribution in [-0.4, -0.2) is 67.7 Å². The number of sulfonamides is 1. The summed E-state index contributed by atoms with van der Waals surface area (Å²) in [4.78, 5) is 10.9. The predicted octanol–water partition coefficient (Wildman–Crippen LogP) is 1.80. The van der Waals surface area contributed by atoms with Gasteiger partial charge in [-0.2, -0.15) is 4.31 Å². The molecule has 0 N–H and O–H groups in total. The Bertz CT molecular complexity index is 1110. The summed E-state index contributed by atoms with van der Waals surface area (Å²) < 4.78 is 40.2. The van der Waals surface area contributed by atoms with Crippen LogP contribution in [0, 0.1) is 0 Å². The molecule has 0 amide bonds. The number of methoxy groups -OCH3 is 2. The Balaban J connectivity index is 1.50. The maximum atomic E-state index is 13.2. The molecule has 1 aromatic carbocycles. The number of anilines is 1. The monoisotopic (exact) mass is 429 g/mol. The van der Waals surface area contributed by atoms with Crippen LogP contribution < -0.4 is 14.4 Å². The molecular formula is C20H23N5O4S. The summed E-state index contributed by atoms with van der Waals surface area (Å²) in [5, 5.41) is 0. The van der Waals surface area contributed by atoms with Gasteiger partial charge in [0.25, 0.3) is 0 Å². The van der Waals surface area contributed by atoms with Gasteiger partial charge in [-0.25, -0.2) is 18.4 Å². The highest BCUT2D eigenvalue weighted by Crippen LogP contribution is 2.31. The standard InChI is InChI=1S/C20H23N5O4S/c1-28-16-5-6-18(17(13-16)29-2)30(26,27)25-11-9-24(10-12-25)20-14-19(21-15-22-20)23-7-3-4-8-23/h3-8,13-15H,9-12H2,1-2H3. The first-order valence-electron chi connectivity index (χ1n) is 9.45. The molecule has 0 bridgehead atoms. The van der Waals surface area contributed by atoms with Gasteiger partial charge in [-0.1, -0.05) is 0 Å². The third kappa shape index (κ3) is 3.83. The Morgan fingerprint density at radius 2 is 1.60 bits per heavy atom. The average molecular weight is 430 g/mol. The van der Waals surface area contributed by atoms with Gasteiger partial charge in [0.2, 0.25) is 10.0 Å². The molecule has 1 aliphatic heterocycles. The minimum atomic E-state index is -3.69. The minimum Gasteiger partial charge on any atom is -0.497 e. The molecule has 0 aliphatic carbocycles. The van der Waals surface area contributed by atoms with Gasteiger partial charge in [-0.05, 0) is 24.3 Å². The lowest BCUT2D eigenvalue weighted by atomic mass is 10.3. The zero-order valence-corrected chi connectivity index (χ0v) is 17.6. The molecule has 10 heteroatoms. The van der Waals surface area contributed by atoms with E-state index in [2.05, 4.69) is 14.9 Å². The van der Waals surface area contributed by atoms with Crippen LogP contribution in [0.25, 0.3) is 5.82 Å². The second kappa shape index (κ2) is 8.33. The van der Waals surface area contributed by atoms with Gasteiger partial charge in [0, 0.05) is 50.7 Å². The van der Waals surface area contributed by atoms with E-state index in [0.29, 0.717) is 31.9 Å². The van der Waals surface area contributed by atoms with Crippen molar-refractivity contribution in [3.05, 3.63) is 55.1 Å². The van der Waals surface area contributed by atoms with Gasteiger partial charge >= 0.3 is 0 Å². The van der Waals surface area contributed by atoms with E-state index in [0.717, 1.165) is 11.6 Å². The van der Waals surface area contributed by atoms with Crippen molar-refractivity contribution < 1.29 is 17.9 Å². The fourth-order valence-electron chi connectivity index (χ4n) is 3.42. The van der Waals surface area contributed by atoms with Crippen molar-refractivity contribution in [3.8, 4) is 17.3 Å². The van der Waals surface area contributed by atoms with Gasteiger partial charge in [0.05, 0.1) is 14.2 Å². The highest BCUT2D eigenvalue weighted by atomic mass is 32.2. The molecule has 3 heterocycles. The van der Waals surface area contributed by atoms with Crippen molar-refractivity contribution >= 4 is 15.8 Å². The Labute approximate surface area is 175 Å². The van der Waals surface area contributed by atoms with Gasteiger partial charge < -0.3 is 18.9 Å². The third-order valence-corrected chi connectivity index (χ3v) is 7.00. The summed E-state index contributed by atoms with van der Waals surface area (Å²) in [6.07, 6.45) is 5.35. The first-order valence-corrected chi connectivity index (χ1v) is 10.9. The molecule has 4 rings (SSSR count). The lowest BCUT2D eigenvalue weighted by Gasteiger charge is -2.34. The molecule has 0 atom stereocenters. The molecule has 158 valence electrons. The molecule has 1 fully saturated rings. The van der Waals surface area contributed by atoms with Gasteiger partial charge in [0.15, 0.2) is 0 Å². The Kier molecular flexibility index (Phi) is 5.60. The van der Waals surface area contributed by atoms with Gasteiger partial charge in [0.1, 0.15) is 34.4 Å². The summed E-state index contributed by atoms with van der Waals surface area (Å²) in [7, 11) is -0.717. The molecule has 1 saturated heterocycles. The second-order valence-corrected chi connectivity index (χ2v) is 8.64. The van der Waals surface area contributed by atoms with Crippen molar-refractivity contribution in [2.45, 2.75) is 4.90 Å². The molecule has 30 heavy (non-hydrogen) atoms. The van der Waals surface area contributed by atoms with E-state index in [1.165, 1.54) is 30.9 Å². The first kappa shape index (κ1) is 20.2. The van der Waals surface area contributed by atoms with Crippen LogP contribution in [0.5, 0.6) is 11.5 Å². The maximum Gasteiger partial charge on any atom is 0.246 e. The Hall–Kier alpha value is -3.11. The Morgan fingerprint density at radius 3 is 2.27 bits per heavy atom. The van der Waals surface area contributed by atoms with Crippen LogP contribution in [0.15, 0.2) is 60.0 Å². The largest absolute Gasteiger partial charge is 0.497 e. The first-order chi connectivity index (χ1) is 14.5. The van der Waals surface area contributed by atoms with Crippen molar-refractivity contribution in [2.24, 2.45) is 0 Å². The summed E-state index contributed by atoms with van der Waals surface area (Å²) in [5.74, 6) is 2.35. The van der Waals surface area contributed by atoms with E-state index in [1.54, 1.807) is 12.1 Å². The van der Waals surface area contributed by atoms with E-state index >= 15 is 0 Å². The molecule has 9 nitrogen and oxygen atoms in total. The lowest BCUT2D eigenvalue weighted by molar-refractivity contribution is 0.369. The number of piperazine rings is 1. The van der Waals surface area contributed by atoms with Crippen molar-refractivity contribution in [1.82, 2.24) is 18.8 Å². The van der Waals surface area contributed by atoms with E-state index < -0.39 is 10.0 Å². The number of hydrogen-bond donors (Lipinski definition) is 0. The van der Waals surface area contributed by atoms with Crippen LogP contribution in [0.1, 0.15) is 0 Å². The normalized spacial score (nSPS) is 15.2. The number of ether oxygens (including phenoxy) is 2. The van der Waals surface area contributed by atoms with Gasteiger partial charge in [-0.15, -0.1) is 0 Å². The molecule has 2 aromatic heterocycles. The fourth-order valence-corrected chi connectivity index (χ4v) is 4.98. The van der Waals surface area contributed by atoms with E-state index in [1.807, 2.05) is 35.2 Å². The summed E-state index contributed by atoms with van der Waals surface area (Å²) in [5.41, 5.74) is 0. The van der Waals surface area contributed by atoms with Crippen LogP contribution in [-0.2, 0) is 10.0 Å². The SMILES string of the molecule is COc1ccc(S(=O)(=O)N2CCN(c3cc(-n4cccc4)ncn3)CC2)c(OC)c1. The molecule has 0 spiro atoms. The van der Waals surface area contributed by atoms with E-state index in [4.69, 9.17) is 9.47 Å². The zero-order chi connectivity index (χ0) is 21.1. The van der Waals surface area contributed by atoms with E-state index in [-0.39, 0.29) is 10.6 Å². The number of hydrogen-bond acceptors (Lipinski definition) is 7. The topological polar surface area (TPSA) is 89.8 Å². The van der Waals surface area contributed by atoms with Crippen LogP contribution in [0.2, 0.25) is 0 Å². The summed E-state index contributed by atoms with van der Waals surface area (Å²) >= 11 is 0. The smallest absolute Gasteiger partial charge is 0.246 e. The zero-order valence-electron chi connectivity index (χ0n) is 16.8. The minimum absolute atomic E-state index is 0.135.